The molecule has 0 fully saturated rings. The number of hydrogen-bond acceptors (Lipinski definition) is 5. The van der Waals surface area contributed by atoms with Crippen LogP contribution in [0, 0.1) is 0 Å². The van der Waals surface area contributed by atoms with Crippen LogP contribution in [0.5, 0.6) is 0 Å². The monoisotopic (exact) mass is 296 g/mol. The van der Waals surface area contributed by atoms with Crippen molar-refractivity contribution in [1.82, 2.24) is 10.3 Å². The zero-order valence-electron chi connectivity index (χ0n) is 12.8. The van der Waals surface area contributed by atoms with Crippen LogP contribution in [-0.4, -0.2) is 28.4 Å². The fourth-order valence-corrected chi connectivity index (χ4v) is 1.74. The quantitative estimate of drug-likeness (QED) is 0.555. The second-order valence-electron chi connectivity index (χ2n) is 5.61. The molecule has 1 aromatic heterocycles. The van der Waals surface area contributed by atoms with Crippen LogP contribution >= 0.6 is 11.8 Å². The van der Waals surface area contributed by atoms with E-state index >= 15 is 0 Å². The van der Waals surface area contributed by atoms with Crippen LogP contribution in [0.4, 0.5) is 5.82 Å². The van der Waals surface area contributed by atoms with Gasteiger partial charge in [0.05, 0.1) is 0 Å². The number of nitrogen functional groups attached to an aromatic ring is 1. The third-order valence-corrected chi connectivity index (χ3v) is 4.32. The van der Waals surface area contributed by atoms with Gasteiger partial charge in [0.15, 0.2) is 0 Å². The van der Waals surface area contributed by atoms with E-state index < -0.39 is 0 Å². The van der Waals surface area contributed by atoms with Crippen LogP contribution in [0.2, 0.25) is 0 Å². The Morgan fingerprint density at radius 3 is 2.60 bits per heavy atom. The molecule has 0 radical (unpaired) electrons. The van der Waals surface area contributed by atoms with Crippen molar-refractivity contribution in [2.45, 2.75) is 38.4 Å². The van der Waals surface area contributed by atoms with Gasteiger partial charge < -0.3 is 10.7 Å². The predicted molar refractivity (Wildman–Crippen MR) is 86.1 cm³/mol. The maximum atomic E-state index is 12.2. The molecule has 1 amide bonds. The van der Waals surface area contributed by atoms with E-state index in [1.807, 2.05) is 26.2 Å². The number of thioether (sulfide) groups is 1. The summed E-state index contributed by atoms with van der Waals surface area (Å²) < 4.78 is 0.0124. The van der Waals surface area contributed by atoms with E-state index in [0.29, 0.717) is 17.9 Å². The summed E-state index contributed by atoms with van der Waals surface area (Å²) >= 11 is 1.72. The van der Waals surface area contributed by atoms with Crippen LogP contribution in [-0.2, 0) is 0 Å². The van der Waals surface area contributed by atoms with Crippen LogP contribution in [0.3, 0.4) is 0 Å². The van der Waals surface area contributed by atoms with Gasteiger partial charge in [0, 0.05) is 22.5 Å². The first-order valence-electron chi connectivity index (χ1n) is 6.61. The predicted octanol–water partition coefficient (Wildman–Crippen LogP) is 2.36. The normalized spacial score (nSPS) is 11.6. The molecule has 0 aliphatic heterocycles. The lowest BCUT2D eigenvalue weighted by atomic mass is 10.1. The summed E-state index contributed by atoms with van der Waals surface area (Å²) in [5, 5.41) is 2.95. The summed E-state index contributed by atoms with van der Waals surface area (Å²) in [5.74, 6) is 6.04. The number of nitrogens with two attached hydrogens (primary N) is 1. The number of carbonyl (C=O) groups excluding carboxylic acids is 1. The number of amides is 1. The Balaban J connectivity index is 2.89. The number of rotatable bonds is 6. The van der Waals surface area contributed by atoms with E-state index in [4.69, 9.17) is 5.84 Å². The van der Waals surface area contributed by atoms with Gasteiger partial charge in [-0.05, 0) is 38.2 Å². The number of nitrogens with zero attached hydrogens (tertiary/aromatic N) is 1. The number of anilines is 1. The Kier molecular flexibility index (Phi) is 5.83. The fourth-order valence-electron chi connectivity index (χ4n) is 1.52. The molecule has 0 spiro atoms. The first kappa shape index (κ1) is 16.8. The van der Waals surface area contributed by atoms with Crippen molar-refractivity contribution < 1.29 is 4.79 Å². The minimum Gasteiger partial charge on any atom is -0.351 e. The molecule has 0 atom stereocenters. The molecular weight excluding hydrogens is 272 g/mol. The SMILES string of the molecule is CSC(C)(C)CNC(=O)c1cc(NN)nc(C(C)C)c1. The highest BCUT2D eigenvalue weighted by molar-refractivity contribution is 7.99. The minimum atomic E-state index is -0.104. The summed E-state index contributed by atoms with van der Waals surface area (Å²) in [4.78, 5) is 16.6. The molecule has 4 N–H and O–H groups in total. The van der Waals surface area contributed by atoms with Crippen LogP contribution < -0.4 is 16.6 Å². The molecule has 6 heteroatoms. The number of nitrogens with one attached hydrogen (secondary N) is 2. The highest BCUT2D eigenvalue weighted by Gasteiger charge is 2.18. The lowest BCUT2D eigenvalue weighted by molar-refractivity contribution is 0.0950. The zero-order chi connectivity index (χ0) is 15.3. The Hall–Kier alpha value is -1.27. The lowest BCUT2D eigenvalue weighted by Gasteiger charge is -2.22. The molecule has 1 rings (SSSR count). The van der Waals surface area contributed by atoms with E-state index in [1.54, 1.807) is 17.8 Å². The molecule has 0 aliphatic carbocycles. The molecule has 5 nitrogen and oxygen atoms in total. The maximum Gasteiger partial charge on any atom is 0.251 e. The molecular formula is C14H24N4OS. The molecule has 112 valence electrons. The number of carbonyl (C=O) groups is 1. The van der Waals surface area contributed by atoms with Crippen molar-refractivity contribution in [3.05, 3.63) is 23.4 Å². The summed E-state index contributed by atoms with van der Waals surface area (Å²) in [6, 6.07) is 3.47. The smallest absolute Gasteiger partial charge is 0.251 e. The van der Waals surface area contributed by atoms with Crippen molar-refractivity contribution in [1.29, 1.82) is 0 Å². The van der Waals surface area contributed by atoms with Crippen molar-refractivity contribution in [3.8, 4) is 0 Å². The van der Waals surface area contributed by atoms with Crippen LogP contribution in [0.1, 0.15) is 49.7 Å². The van der Waals surface area contributed by atoms with Gasteiger partial charge in [0.1, 0.15) is 5.82 Å². The Morgan fingerprint density at radius 2 is 2.10 bits per heavy atom. The summed E-state index contributed by atoms with van der Waals surface area (Å²) in [5.41, 5.74) is 3.93. The highest BCUT2D eigenvalue weighted by atomic mass is 32.2. The molecule has 0 aromatic carbocycles. The zero-order valence-corrected chi connectivity index (χ0v) is 13.6. The van der Waals surface area contributed by atoms with Crippen molar-refractivity contribution in [2.75, 3.05) is 18.2 Å². The van der Waals surface area contributed by atoms with Gasteiger partial charge in [0.2, 0.25) is 0 Å². The standard InChI is InChI=1S/C14H24N4OS/c1-9(2)11-6-10(7-12(17-11)18-15)13(19)16-8-14(3,4)20-5/h6-7,9H,8,15H2,1-5H3,(H,16,19)(H,17,18). The third kappa shape index (κ3) is 4.68. The fraction of sp³-hybridized carbons (Fsp3) is 0.571. The van der Waals surface area contributed by atoms with Gasteiger partial charge in [-0.15, -0.1) is 0 Å². The first-order chi connectivity index (χ1) is 9.29. The van der Waals surface area contributed by atoms with Crippen molar-refractivity contribution in [2.24, 2.45) is 5.84 Å². The molecule has 1 aromatic rings. The van der Waals surface area contributed by atoms with E-state index in [2.05, 4.69) is 29.6 Å². The molecule has 0 bridgehead atoms. The van der Waals surface area contributed by atoms with E-state index in [1.165, 1.54) is 0 Å². The Morgan fingerprint density at radius 1 is 1.45 bits per heavy atom. The Bertz CT molecular complexity index is 474. The van der Waals surface area contributed by atoms with Crippen LogP contribution in [0.25, 0.3) is 0 Å². The molecule has 20 heavy (non-hydrogen) atoms. The van der Waals surface area contributed by atoms with Gasteiger partial charge in [-0.1, -0.05) is 13.8 Å². The topological polar surface area (TPSA) is 80.0 Å². The summed E-state index contributed by atoms with van der Waals surface area (Å²) in [6.07, 6.45) is 2.03. The van der Waals surface area contributed by atoms with Crippen LogP contribution in [0.15, 0.2) is 12.1 Å². The largest absolute Gasteiger partial charge is 0.351 e. The molecule has 1 heterocycles. The van der Waals surface area contributed by atoms with Gasteiger partial charge in [-0.2, -0.15) is 11.8 Å². The molecule has 0 unspecified atom stereocenters. The second-order valence-corrected chi connectivity index (χ2v) is 7.12. The lowest BCUT2D eigenvalue weighted by Crippen LogP contribution is -2.36. The number of hydrazine groups is 1. The van der Waals surface area contributed by atoms with E-state index in [-0.39, 0.29) is 16.6 Å². The Labute approximate surface area is 125 Å². The minimum absolute atomic E-state index is 0.0124. The highest BCUT2D eigenvalue weighted by Crippen LogP contribution is 2.20. The van der Waals surface area contributed by atoms with Crippen molar-refractivity contribution in [3.63, 3.8) is 0 Å². The van der Waals surface area contributed by atoms with Gasteiger partial charge in [0.25, 0.3) is 5.91 Å². The molecule has 0 saturated carbocycles. The average molecular weight is 296 g/mol. The van der Waals surface area contributed by atoms with Gasteiger partial charge in [-0.3, -0.25) is 4.79 Å². The van der Waals surface area contributed by atoms with E-state index in [0.717, 1.165) is 5.69 Å². The molecule has 0 aliphatic rings. The van der Waals surface area contributed by atoms with Gasteiger partial charge in [-0.25, -0.2) is 10.8 Å². The van der Waals surface area contributed by atoms with Gasteiger partial charge >= 0.3 is 0 Å². The number of pyridine rings is 1. The second kappa shape index (κ2) is 6.95. The summed E-state index contributed by atoms with van der Waals surface area (Å²) in [7, 11) is 0. The molecule has 0 saturated heterocycles. The average Bonchev–Trinajstić information content (AvgIpc) is 2.44. The summed E-state index contributed by atoms with van der Waals surface area (Å²) in [6.45, 7) is 8.85. The number of hydrogen-bond donors (Lipinski definition) is 3. The van der Waals surface area contributed by atoms with Crippen molar-refractivity contribution >= 4 is 23.5 Å². The number of aromatic nitrogens is 1. The third-order valence-electron chi connectivity index (χ3n) is 3.07. The first-order valence-corrected chi connectivity index (χ1v) is 7.83. The maximum absolute atomic E-state index is 12.2. The van der Waals surface area contributed by atoms with E-state index in [9.17, 15) is 4.79 Å².